The van der Waals surface area contributed by atoms with E-state index >= 15 is 0 Å². The Hall–Kier alpha value is -2.30. The average Bonchev–Trinajstić information content (AvgIpc) is 2.73. The van der Waals surface area contributed by atoms with Gasteiger partial charge in [0, 0.05) is 19.3 Å². The summed E-state index contributed by atoms with van der Waals surface area (Å²) in [5.74, 6) is 0.774. The molecule has 0 aliphatic rings. The van der Waals surface area contributed by atoms with Crippen LogP contribution < -0.4 is 10.1 Å². The lowest BCUT2D eigenvalue weighted by atomic mass is 10.1. The van der Waals surface area contributed by atoms with E-state index in [1.54, 1.807) is 11.8 Å². The number of carbonyl (C=O) groups is 1. The van der Waals surface area contributed by atoms with Crippen molar-refractivity contribution < 1.29 is 9.53 Å². The van der Waals surface area contributed by atoms with Gasteiger partial charge in [0.15, 0.2) is 0 Å². The fourth-order valence-electron chi connectivity index (χ4n) is 2.30. The first kappa shape index (κ1) is 15.1. The molecule has 0 aliphatic heterocycles. The summed E-state index contributed by atoms with van der Waals surface area (Å²) in [6.45, 7) is 4.35. The van der Waals surface area contributed by atoms with Crippen LogP contribution in [0.1, 0.15) is 27.3 Å². The number of aryl methyl sites for hydroxylation is 2. The molecule has 0 aliphatic carbocycles. The van der Waals surface area contributed by atoms with E-state index in [2.05, 4.69) is 10.4 Å². The van der Waals surface area contributed by atoms with E-state index in [9.17, 15) is 4.79 Å². The van der Waals surface area contributed by atoms with Crippen molar-refractivity contribution in [1.82, 2.24) is 15.1 Å². The van der Waals surface area contributed by atoms with Crippen molar-refractivity contribution in [2.45, 2.75) is 20.3 Å². The minimum Gasteiger partial charge on any atom is -0.497 e. The molecule has 1 amide bonds. The zero-order valence-electron chi connectivity index (χ0n) is 12.9. The molecule has 0 radical (unpaired) electrons. The summed E-state index contributed by atoms with van der Waals surface area (Å²) in [5.41, 5.74) is 3.48. The number of rotatable bonds is 5. The smallest absolute Gasteiger partial charge is 0.255 e. The molecule has 0 saturated heterocycles. The number of ether oxygens (including phenoxy) is 1. The van der Waals surface area contributed by atoms with Crippen LogP contribution in [0, 0.1) is 13.8 Å². The van der Waals surface area contributed by atoms with Crippen LogP contribution in [0.3, 0.4) is 0 Å². The van der Waals surface area contributed by atoms with Gasteiger partial charge in [0.25, 0.3) is 5.91 Å². The van der Waals surface area contributed by atoms with Gasteiger partial charge in [-0.2, -0.15) is 5.10 Å². The van der Waals surface area contributed by atoms with Gasteiger partial charge in [0.2, 0.25) is 0 Å². The Balaban J connectivity index is 1.92. The van der Waals surface area contributed by atoms with Crippen molar-refractivity contribution in [3.63, 3.8) is 0 Å². The van der Waals surface area contributed by atoms with Crippen LogP contribution in [-0.4, -0.2) is 29.3 Å². The van der Waals surface area contributed by atoms with Crippen molar-refractivity contribution in [2.75, 3.05) is 13.7 Å². The molecule has 0 saturated carbocycles. The van der Waals surface area contributed by atoms with E-state index < -0.39 is 0 Å². The van der Waals surface area contributed by atoms with Crippen molar-refractivity contribution in [3.05, 3.63) is 46.8 Å². The Bertz CT molecular complexity index is 630. The maximum Gasteiger partial charge on any atom is 0.255 e. The first-order chi connectivity index (χ1) is 10.0. The van der Waals surface area contributed by atoms with E-state index in [-0.39, 0.29) is 5.91 Å². The minimum absolute atomic E-state index is 0.0633. The van der Waals surface area contributed by atoms with E-state index in [1.165, 1.54) is 0 Å². The first-order valence-corrected chi connectivity index (χ1v) is 6.94. The van der Waals surface area contributed by atoms with E-state index in [0.29, 0.717) is 12.1 Å². The van der Waals surface area contributed by atoms with Gasteiger partial charge in [-0.1, -0.05) is 12.1 Å². The van der Waals surface area contributed by atoms with Gasteiger partial charge in [-0.05, 0) is 38.0 Å². The highest BCUT2D eigenvalue weighted by atomic mass is 16.5. The predicted molar refractivity (Wildman–Crippen MR) is 81.7 cm³/mol. The molecule has 112 valence electrons. The summed E-state index contributed by atoms with van der Waals surface area (Å²) in [4.78, 5) is 12.2. The van der Waals surface area contributed by atoms with Gasteiger partial charge in [0.1, 0.15) is 5.75 Å². The molecule has 1 N–H and O–H groups in total. The van der Waals surface area contributed by atoms with Gasteiger partial charge >= 0.3 is 0 Å². The fourth-order valence-corrected chi connectivity index (χ4v) is 2.30. The molecule has 0 bridgehead atoms. The monoisotopic (exact) mass is 287 g/mol. The molecule has 0 unspecified atom stereocenters. The normalized spacial score (nSPS) is 10.5. The number of amides is 1. The lowest BCUT2D eigenvalue weighted by Gasteiger charge is -2.06. The predicted octanol–water partition coefficient (Wildman–Crippen LogP) is 2.02. The number of hydrogen-bond acceptors (Lipinski definition) is 3. The largest absolute Gasteiger partial charge is 0.497 e. The number of hydrogen-bond donors (Lipinski definition) is 1. The third kappa shape index (κ3) is 3.42. The highest BCUT2D eigenvalue weighted by Gasteiger charge is 2.16. The second kappa shape index (κ2) is 6.43. The maximum atomic E-state index is 12.2. The number of benzene rings is 1. The summed E-state index contributed by atoms with van der Waals surface area (Å²) in [6, 6.07) is 7.86. The van der Waals surface area contributed by atoms with Crippen LogP contribution in [0.25, 0.3) is 0 Å². The van der Waals surface area contributed by atoms with Gasteiger partial charge in [-0.25, -0.2) is 0 Å². The average molecular weight is 287 g/mol. The number of nitrogens with one attached hydrogen (secondary N) is 1. The molecule has 2 aromatic rings. The molecule has 1 heterocycles. The zero-order valence-corrected chi connectivity index (χ0v) is 12.9. The first-order valence-electron chi connectivity index (χ1n) is 6.94. The molecule has 21 heavy (non-hydrogen) atoms. The van der Waals surface area contributed by atoms with Gasteiger partial charge in [-0.15, -0.1) is 0 Å². The molecule has 0 spiro atoms. The Kier molecular flexibility index (Phi) is 4.62. The lowest BCUT2D eigenvalue weighted by molar-refractivity contribution is 0.0953. The molecule has 1 aromatic heterocycles. The molecule has 5 nitrogen and oxygen atoms in total. The summed E-state index contributed by atoms with van der Waals surface area (Å²) in [7, 11) is 3.49. The van der Waals surface area contributed by atoms with E-state index in [1.807, 2.05) is 45.2 Å². The zero-order chi connectivity index (χ0) is 15.4. The van der Waals surface area contributed by atoms with Gasteiger partial charge < -0.3 is 10.1 Å². The molecule has 0 fully saturated rings. The number of methoxy groups -OCH3 is 1. The summed E-state index contributed by atoms with van der Waals surface area (Å²) in [5, 5.41) is 7.21. The highest BCUT2D eigenvalue weighted by molar-refractivity contribution is 5.96. The molecular weight excluding hydrogens is 266 g/mol. The second-order valence-electron chi connectivity index (χ2n) is 5.02. The topological polar surface area (TPSA) is 56.1 Å². The van der Waals surface area contributed by atoms with Crippen LogP contribution in [0.2, 0.25) is 0 Å². The van der Waals surface area contributed by atoms with Gasteiger partial charge in [0.05, 0.1) is 18.4 Å². The lowest BCUT2D eigenvalue weighted by Crippen LogP contribution is -2.26. The Morgan fingerprint density at radius 2 is 1.95 bits per heavy atom. The SMILES string of the molecule is COc1ccc(CCNC(=O)c2c(C)nn(C)c2C)cc1. The van der Waals surface area contributed by atoms with Crippen molar-refractivity contribution in [1.29, 1.82) is 0 Å². The van der Waals surface area contributed by atoms with Crippen LogP contribution in [0.4, 0.5) is 0 Å². The summed E-state index contributed by atoms with van der Waals surface area (Å²) < 4.78 is 6.85. The molecule has 2 rings (SSSR count). The Morgan fingerprint density at radius 1 is 1.29 bits per heavy atom. The molecule has 5 heteroatoms. The molecular formula is C16H21N3O2. The number of nitrogens with zero attached hydrogens (tertiary/aromatic N) is 2. The number of carbonyl (C=O) groups excluding carboxylic acids is 1. The van der Waals surface area contributed by atoms with E-state index in [0.717, 1.165) is 29.1 Å². The van der Waals surface area contributed by atoms with Crippen LogP contribution in [0.5, 0.6) is 5.75 Å². The van der Waals surface area contributed by atoms with Crippen LogP contribution in [-0.2, 0) is 13.5 Å². The Morgan fingerprint density at radius 3 is 2.48 bits per heavy atom. The van der Waals surface area contributed by atoms with Crippen molar-refractivity contribution in [2.24, 2.45) is 7.05 Å². The second-order valence-corrected chi connectivity index (χ2v) is 5.02. The summed E-state index contributed by atoms with van der Waals surface area (Å²) in [6.07, 6.45) is 0.786. The van der Waals surface area contributed by atoms with Gasteiger partial charge in [-0.3, -0.25) is 9.48 Å². The van der Waals surface area contributed by atoms with Crippen LogP contribution in [0.15, 0.2) is 24.3 Å². The Labute approximate surface area is 124 Å². The standard InChI is InChI=1S/C16H21N3O2/c1-11-15(12(2)19(3)18-11)16(20)17-10-9-13-5-7-14(21-4)8-6-13/h5-8H,9-10H2,1-4H3,(H,17,20). The molecule has 0 atom stereocenters. The highest BCUT2D eigenvalue weighted by Crippen LogP contribution is 2.13. The van der Waals surface area contributed by atoms with E-state index in [4.69, 9.17) is 4.74 Å². The third-order valence-corrected chi connectivity index (χ3v) is 3.59. The van der Waals surface area contributed by atoms with Crippen LogP contribution >= 0.6 is 0 Å². The minimum atomic E-state index is -0.0633. The van der Waals surface area contributed by atoms with Crippen molar-refractivity contribution in [3.8, 4) is 5.75 Å². The molecule has 1 aromatic carbocycles. The fraction of sp³-hybridized carbons (Fsp3) is 0.375. The third-order valence-electron chi connectivity index (χ3n) is 3.59. The quantitative estimate of drug-likeness (QED) is 0.915. The maximum absolute atomic E-state index is 12.2. The van der Waals surface area contributed by atoms with Crippen molar-refractivity contribution >= 4 is 5.91 Å². The number of aromatic nitrogens is 2. The summed E-state index contributed by atoms with van der Waals surface area (Å²) >= 11 is 0.